The van der Waals surface area contributed by atoms with Crippen LogP contribution in [0.4, 0.5) is 4.79 Å². The van der Waals surface area contributed by atoms with Crippen molar-refractivity contribution in [3.8, 4) is 22.3 Å². The number of ether oxygens (including phenoxy) is 4. The summed E-state index contributed by atoms with van der Waals surface area (Å²) in [6, 6.07) is 30.1. The molecule has 0 saturated carbocycles. The maximum absolute atomic E-state index is 13.2. The largest absolute Gasteiger partial charge is 0.480 e. The van der Waals surface area contributed by atoms with Crippen molar-refractivity contribution >= 4 is 41.6 Å². The van der Waals surface area contributed by atoms with Crippen LogP contribution in [0.5, 0.6) is 0 Å². The first-order valence-electron chi connectivity index (χ1n) is 20.3. The molecule has 328 valence electrons. The third-order valence-corrected chi connectivity index (χ3v) is 11.9. The highest BCUT2D eigenvalue weighted by Gasteiger charge is 2.54. The van der Waals surface area contributed by atoms with E-state index in [9.17, 15) is 39.3 Å². The highest BCUT2D eigenvalue weighted by atomic mass is 32.2. The van der Waals surface area contributed by atoms with Crippen molar-refractivity contribution in [2.45, 2.75) is 68.3 Å². The van der Waals surface area contributed by atoms with E-state index in [1.807, 2.05) is 91.0 Å². The Morgan fingerprint density at radius 1 is 0.887 bits per heavy atom. The first-order valence-corrected chi connectivity index (χ1v) is 21.4. The van der Waals surface area contributed by atoms with Gasteiger partial charge in [-0.3, -0.25) is 9.59 Å². The van der Waals surface area contributed by atoms with Gasteiger partial charge in [-0.2, -0.15) is 11.8 Å². The fourth-order valence-electron chi connectivity index (χ4n) is 7.74. The molecule has 1 aliphatic carbocycles. The summed E-state index contributed by atoms with van der Waals surface area (Å²) in [7, 11) is 1.13. The molecular formula is C46H51N3O12S. The van der Waals surface area contributed by atoms with Gasteiger partial charge in [0.2, 0.25) is 5.91 Å². The van der Waals surface area contributed by atoms with E-state index < -0.39 is 72.4 Å². The van der Waals surface area contributed by atoms with E-state index in [0.29, 0.717) is 17.7 Å². The zero-order chi connectivity index (χ0) is 44.2. The third-order valence-electron chi connectivity index (χ3n) is 10.7. The van der Waals surface area contributed by atoms with Crippen LogP contribution in [0.3, 0.4) is 0 Å². The second-order valence-corrected chi connectivity index (χ2v) is 16.2. The summed E-state index contributed by atoms with van der Waals surface area (Å²) in [6.07, 6.45) is -4.95. The van der Waals surface area contributed by atoms with Gasteiger partial charge < -0.3 is 50.2 Å². The number of amides is 3. The molecule has 6 atom stereocenters. The molecule has 62 heavy (non-hydrogen) atoms. The standard InChI is InChI=1S/C46H51N3O12S/c1-28(50)48-41-39(52)24-46(44(56)58-2,61-40(41)23-32(51)25-47-42(53)31-19-17-30(18-20-31)29-11-4-3-5-12-29)60-21-10-22-62-27-38(43(54)55)49-45(57)59-26-37-35-15-8-6-13-33(35)34-14-7-9-16-36(34)37/h3-9,11-20,32,37-41,51-52H,10,21-27H2,1-2H3,(H,47,53)(H,48,50)(H,49,57)(H,54,55). The molecule has 16 heteroatoms. The van der Waals surface area contributed by atoms with Gasteiger partial charge >= 0.3 is 18.0 Å². The summed E-state index contributed by atoms with van der Waals surface area (Å²) >= 11 is 1.23. The predicted molar refractivity (Wildman–Crippen MR) is 230 cm³/mol. The number of aliphatic carboxylic acids is 1. The lowest BCUT2D eigenvalue weighted by atomic mass is 9.90. The fraction of sp³-hybridized carbons (Fsp3) is 0.370. The summed E-state index contributed by atoms with van der Waals surface area (Å²) in [5.41, 5.74) is 6.49. The Morgan fingerprint density at radius 2 is 1.52 bits per heavy atom. The Labute approximate surface area is 363 Å². The molecule has 3 amide bonds. The molecule has 0 radical (unpaired) electrons. The van der Waals surface area contributed by atoms with Gasteiger partial charge in [0, 0.05) is 43.5 Å². The van der Waals surface area contributed by atoms with Gasteiger partial charge in [-0.25, -0.2) is 14.4 Å². The zero-order valence-corrected chi connectivity index (χ0v) is 35.2. The number of carbonyl (C=O) groups excluding carboxylic acids is 4. The number of aliphatic hydroxyl groups is 2. The number of alkyl carbamates (subject to hydrolysis) is 1. The van der Waals surface area contributed by atoms with Gasteiger partial charge in [-0.05, 0) is 57.7 Å². The number of thioether (sulfide) groups is 1. The normalized spacial score (nSPS) is 20.2. The van der Waals surface area contributed by atoms with Gasteiger partial charge in [0.15, 0.2) is 0 Å². The first-order chi connectivity index (χ1) is 29.9. The van der Waals surface area contributed by atoms with Gasteiger partial charge in [0.25, 0.3) is 11.7 Å². The number of methoxy groups -OCH3 is 1. The molecule has 0 bridgehead atoms. The average Bonchev–Trinajstić information content (AvgIpc) is 3.59. The quantitative estimate of drug-likeness (QED) is 0.0566. The second-order valence-electron chi connectivity index (χ2n) is 15.1. The minimum Gasteiger partial charge on any atom is -0.480 e. The van der Waals surface area contributed by atoms with Crippen LogP contribution in [-0.4, -0.2) is 120 Å². The van der Waals surface area contributed by atoms with E-state index in [1.54, 1.807) is 12.1 Å². The lowest BCUT2D eigenvalue weighted by molar-refractivity contribution is -0.299. The zero-order valence-electron chi connectivity index (χ0n) is 34.4. The van der Waals surface area contributed by atoms with Crippen molar-refractivity contribution in [2.24, 2.45) is 0 Å². The van der Waals surface area contributed by atoms with Crippen molar-refractivity contribution in [3.63, 3.8) is 0 Å². The van der Waals surface area contributed by atoms with E-state index >= 15 is 0 Å². The Morgan fingerprint density at radius 3 is 2.15 bits per heavy atom. The van der Waals surface area contributed by atoms with Crippen LogP contribution in [0, 0.1) is 0 Å². The predicted octanol–water partition coefficient (Wildman–Crippen LogP) is 4.49. The summed E-state index contributed by atoms with van der Waals surface area (Å²) in [5.74, 6) is -5.05. The van der Waals surface area contributed by atoms with Crippen molar-refractivity contribution in [1.82, 2.24) is 16.0 Å². The van der Waals surface area contributed by atoms with E-state index in [2.05, 4.69) is 16.0 Å². The lowest BCUT2D eigenvalue weighted by Crippen LogP contribution is -2.64. The van der Waals surface area contributed by atoms with Crippen molar-refractivity contribution in [2.75, 3.05) is 38.4 Å². The number of hydrogen-bond donors (Lipinski definition) is 6. The van der Waals surface area contributed by atoms with Crippen LogP contribution in [0.1, 0.15) is 53.6 Å². The number of hydrogen-bond acceptors (Lipinski definition) is 12. The van der Waals surface area contributed by atoms with Crippen molar-refractivity contribution in [3.05, 3.63) is 120 Å². The SMILES string of the molecule is COC(=O)C1(OCCCSCC(NC(=O)OCC2c3ccccc3-c3ccccc32)C(=O)O)CC(O)C(NC(C)=O)C(CC(O)CNC(=O)c2ccc(-c3ccccc3)cc2)O1. The molecule has 6 rings (SSSR count). The van der Waals surface area contributed by atoms with Gasteiger partial charge in [0.1, 0.15) is 12.6 Å². The van der Waals surface area contributed by atoms with Crippen LogP contribution < -0.4 is 16.0 Å². The van der Waals surface area contributed by atoms with Crippen LogP contribution in [0.2, 0.25) is 0 Å². The monoisotopic (exact) mass is 869 g/mol. The Bertz CT molecular complexity index is 2150. The highest BCUT2D eigenvalue weighted by molar-refractivity contribution is 7.99. The van der Waals surface area contributed by atoms with Crippen LogP contribution in [-0.2, 0) is 33.3 Å². The molecular weight excluding hydrogens is 819 g/mol. The molecule has 2 aliphatic rings. The number of rotatable bonds is 19. The van der Waals surface area contributed by atoms with E-state index in [0.717, 1.165) is 40.5 Å². The van der Waals surface area contributed by atoms with Crippen LogP contribution in [0.15, 0.2) is 103 Å². The number of carboxylic acids is 1. The smallest absolute Gasteiger partial charge is 0.407 e. The first kappa shape index (κ1) is 45.7. The van der Waals surface area contributed by atoms with E-state index in [1.165, 1.54) is 18.7 Å². The number of carbonyl (C=O) groups is 5. The molecule has 6 unspecified atom stereocenters. The summed E-state index contributed by atoms with van der Waals surface area (Å²) in [4.78, 5) is 63.1. The van der Waals surface area contributed by atoms with Gasteiger partial charge in [0.05, 0.1) is 38.1 Å². The minimum atomic E-state index is -2.11. The van der Waals surface area contributed by atoms with Crippen molar-refractivity contribution in [1.29, 1.82) is 0 Å². The molecule has 1 heterocycles. The second kappa shape index (κ2) is 21.3. The molecule has 6 N–H and O–H groups in total. The number of esters is 1. The number of nitrogens with one attached hydrogen (secondary N) is 3. The Balaban J connectivity index is 0.984. The summed E-state index contributed by atoms with van der Waals surface area (Å²) in [5, 5.41) is 39.8. The molecule has 15 nitrogen and oxygen atoms in total. The minimum absolute atomic E-state index is 0.00474. The van der Waals surface area contributed by atoms with Crippen LogP contribution in [0.25, 0.3) is 22.3 Å². The Kier molecular flexibility index (Phi) is 15.7. The van der Waals surface area contributed by atoms with Crippen molar-refractivity contribution < 1.29 is 58.2 Å². The Hall–Kier alpha value is -5.78. The van der Waals surface area contributed by atoms with Crippen LogP contribution >= 0.6 is 11.8 Å². The number of carboxylic acid groups (broad SMARTS) is 1. The molecule has 4 aromatic carbocycles. The van der Waals surface area contributed by atoms with Gasteiger partial charge in [-0.1, -0.05) is 91.0 Å². The lowest BCUT2D eigenvalue weighted by Gasteiger charge is -2.45. The maximum Gasteiger partial charge on any atom is 0.407 e. The molecule has 1 aliphatic heterocycles. The molecule has 1 fully saturated rings. The summed E-state index contributed by atoms with van der Waals surface area (Å²) < 4.78 is 22.7. The molecule has 1 saturated heterocycles. The topological polar surface area (TPSA) is 219 Å². The average molecular weight is 870 g/mol. The third kappa shape index (κ3) is 11.4. The number of aliphatic hydroxyl groups excluding tert-OH is 2. The molecule has 0 spiro atoms. The highest BCUT2D eigenvalue weighted by Crippen LogP contribution is 2.44. The summed E-state index contributed by atoms with van der Waals surface area (Å²) in [6.45, 7) is 0.981. The molecule has 0 aromatic heterocycles. The molecule has 4 aromatic rings. The fourth-order valence-corrected chi connectivity index (χ4v) is 8.69. The maximum atomic E-state index is 13.2. The number of benzene rings is 4. The van der Waals surface area contributed by atoms with E-state index in [4.69, 9.17) is 18.9 Å². The number of fused-ring (bicyclic) bond motifs is 3. The van der Waals surface area contributed by atoms with Gasteiger partial charge in [-0.15, -0.1) is 0 Å². The van der Waals surface area contributed by atoms with E-state index in [-0.39, 0.29) is 37.9 Å².